The van der Waals surface area contributed by atoms with Crippen LogP contribution in [0.2, 0.25) is 0 Å². The Morgan fingerprint density at radius 1 is 1.44 bits per heavy atom. The zero-order chi connectivity index (χ0) is 7.91. The zero-order valence-electron chi connectivity index (χ0n) is 4.47. The monoisotopic (exact) mass is 208 g/mol. The van der Waals surface area contributed by atoms with Gasteiger partial charge < -0.3 is 14.0 Å². The van der Waals surface area contributed by atoms with Crippen molar-refractivity contribution in [1.29, 1.82) is 0 Å². The Labute approximate surface area is 63.0 Å². The number of hydrogen-bond acceptors (Lipinski definition) is 4. The van der Waals surface area contributed by atoms with Gasteiger partial charge in [-0.1, -0.05) is 0 Å². The van der Waals surface area contributed by atoms with Gasteiger partial charge in [0.05, 0.1) is 0 Å². The molecule has 6 nitrogen and oxygen atoms in total. The molecule has 0 aliphatic carbocycles. The van der Waals surface area contributed by atoms with Gasteiger partial charge in [0.1, 0.15) is 0 Å². The summed E-state index contributed by atoms with van der Waals surface area (Å²) in [5, 5.41) is 0. The van der Waals surface area contributed by atoms with Gasteiger partial charge in [0.15, 0.2) is 10.5 Å². The van der Waals surface area contributed by atoms with E-state index in [1.54, 1.807) is 0 Å². The molecule has 0 saturated carbocycles. The van der Waals surface area contributed by atoms with Gasteiger partial charge in [-0.2, -0.15) is 0 Å². The van der Waals surface area contributed by atoms with Crippen molar-refractivity contribution in [3.63, 3.8) is 0 Å². The summed E-state index contributed by atoms with van der Waals surface area (Å²) in [5.74, 6) is 0. The van der Waals surface area contributed by atoms with Crippen LogP contribution in [-0.4, -0.2) is 20.3 Å². The maximum absolute atomic E-state index is 9.51. The molecule has 0 amide bonds. The van der Waals surface area contributed by atoms with E-state index in [-0.39, 0.29) is 10.5 Å². The fourth-order valence-corrected chi connectivity index (χ4v) is 0. The molecule has 0 spiro atoms. The SMILES string of the molecule is O=P(O)(O)O[SiH3].[O]=[Ti]=[O]. The third-order valence-electron chi connectivity index (χ3n) is 0.238. The molecule has 0 aliphatic heterocycles. The van der Waals surface area contributed by atoms with Gasteiger partial charge in [-0.3, -0.25) is 0 Å². The van der Waals surface area contributed by atoms with E-state index in [1.165, 1.54) is 0 Å². The van der Waals surface area contributed by atoms with Gasteiger partial charge in [-0.25, -0.2) is 4.57 Å². The molecule has 0 rings (SSSR count). The van der Waals surface area contributed by atoms with Crippen LogP contribution >= 0.6 is 7.82 Å². The van der Waals surface area contributed by atoms with Gasteiger partial charge in [0.2, 0.25) is 0 Å². The fourth-order valence-electron chi connectivity index (χ4n) is 0. The zero-order valence-corrected chi connectivity index (χ0v) is 8.93. The predicted molar refractivity (Wildman–Crippen MR) is 24.4 cm³/mol. The van der Waals surface area contributed by atoms with Gasteiger partial charge in [-0.05, 0) is 0 Å². The molecule has 0 aliphatic rings. The molecule has 0 aromatic carbocycles. The van der Waals surface area contributed by atoms with E-state index in [2.05, 4.69) is 4.21 Å². The van der Waals surface area contributed by atoms with Crippen LogP contribution in [0.3, 0.4) is 0 Å². The molecular weight excluding hydrogens is 203 g/mol. The van der Waals surface area contributed by atoms with Crippen molar-refractivity contribution >= 4 is 18.3 Å². The summed E-state index contributed by atoms with van der Waals surface area (Å²) >= 11 is -2.00. The van der Waals surface area contributed by atoms with Gasteiger partial charge in [0.25, 0.3) is 0 Å². The van der Waals surface area contributed by atoms with Gasteiger partial charge in [-0.15, -0.1) is 0 Å². The average Bonchev–Trinajstić information content (AvgIpc) is 1.67. The number of rotatable bonds is 1. The first-order valence-corrected chi connectivity index (χ1v) is 5.20. The van der Waals surface area contributed by atoms with E-state index >= 15 is 0 Å². The van der Waals surface area contributed by atoms with E-state index in [1.807, 2.05) is 0 Å². The normalized spacial score (nSPS) is 9.11. The Balaban J connectivity index is 0. The first kappa shape index (κ1) is 12.3. The summed E-state index contributed by atoms with van der Waals surface area (Å²) < 4.78 is 30.2. The molecule has 0 unspecified atom stereocenters. The molecule has 54 valence electrons. The first-order valence-electron chi connectivity index (χ1n) is 1.58. The molecule has 0 bridgehead atoms. The van der Waals surface area contributed by atoms with Crippen LogP contribution < -0.4 is 0 Å². The molecular formula is H5O6PSiTi. The molecule has 2 N–H and O–H groups in total. The topological polar surface area (TPSA) is 101 Å². The molecule has 0 aromatic rings. The van der Waals surface area contributed by atoms with E-state index in [9.17, 15) is 4.57 Å². The third-order valence-corrected chi connectivity index (χ3v) is 2.14. The van der Waals surface area contributed by atoms with Crippen LogP contribution in [0.15, 0.2) is 0 Å². The summed E-state index contributed by atoms with van der Waals surface area (Å²) in [4.78, 5) is 15.5. The van der Waals surface area contributed by atoms with E-state index in [4.69, 9.17) is 16.4 Å². The van der Waals surface area contributed by atoms with Gasteiger partial charge >= 0.3 is 33.6 Å². The summed E-state index contributed by atoms with van der Waals surface area (Å²) in [7, 11) is -4.00. The molecule has 0 saturated heterocycles. The molecule has 9 heavy (non-hydrogen) atoms. The van der Waals surface area contributed by atoms with Crippen molar-refractivity contribution in [2.75, 3.05) is 0 Å². The van der Waals surface area contributed by atoms with Crippen molar-refractivity contribution in [2.45, 2.75) is 0 Å². The second-order valence-electron chi connectivity index (χ2n) is 0.756. The summed E-state index contributed by atoms with van der Waals surface area (Å²) in [6, 6.07) is 0. The molecule has 0 atom stereocenters. The van der Waals surface area contributed by atoms with Crippen molar-refractivity contribution in [3.8, 4) is 0 Å². The summed E-state index contributed by atoms with van der Waals surface area (Å²) in [6.45, 7) is 0. The fraction of sp³-hybridized carbons (Fsp3) is 0. The molecule has 9 heteroatoms. The van der Waals surface area contributed by atoms with Crippen LogP contribution in [0.25, 0.3) is 0 Å². The summed E-state index contributed by atoms with van der Waals surface area (Å²) in [5.41, 5.74) is 0. The Morgan fingerprint density at radius 2 is 1.56 bits per heavy atom. The third kappa shape index (κ3) is 28.7. The van der Waals surface area contributed by atoms with Crippen molar-refractivity contribution in [2.24, 2.45) is 0 Å². The van der Waals surface area contributed by atoms with E-state index in [0.717, 1.165) is 0 Å². The Kier molecular flexibility index (Phi) is 9.26. The van der Waals surface area contributed by atoms with Crippen molar-refractivity contribution in [3.05, 3.63) is 0 Å². The van der Waals surface area contributed by atoms with Crippen LogP contribution in [0.5, 0.6) is 0 Å². The van der Waals surface area contributed by atoms with E-state index < -0.39 is 26.9 Å². The molecule has 0 fully saturated rings. The molecule has 0 radical (unpaired) electrons. The Morgan fingerprint density at radius 3 is 1.56 bits per heavy atom. The molecule has 0 heterocycles. The van der Waals surface area contributed by atoms with Crippen LogP contribution in [0, 0.1) is 0 Å². The van der Waals surface area contributed by atoms with E-state index in [0.29, 0.717) is 0 Å². The number of phosphoric acid groups is 1. The van der Waals surface area contributed by atoms with Crippen LogP contribution in [-0.2, 0) is 34.5 Å². The van der Waals surface area contributed by atoms with Crippen molar-refractivity contribution in [1.82, 2.24) is 0 Å². The van der Waals surface area contributed by atoms with Crippen LogP contribution in [0.4, 0.5) is 0 Å². The van der Waals surface area contributed by atoms with Gasteiger partial charge in [0, 0.05) is 0 Å². The summed E-state index contributed by atoms with van der Waals surface area (Å²) in [6.07, 6.45) is 0. The standard InChI is InChI=1S/H5O4PSi.2O.Ti/c1-5(2,3)4-6;;;/h6H3,(H2,1,2,3);;;. The minimum absolute atomic E-state index is 0.0849. The maximum atomic E-state index is 9.51. The molecule has 0 aromatic heterocycles. The first-order chi connectivity index (χ1) is 3.97. The Hall–Kier alpha value is 0.641. The number of hydrogen-bond donors (Lipinski definition) is 2. The van der Waals surface area contributed by atoms with Crippen molar-refractivity contribution < 1.29 is 44.3 Å². The minimum atomic E-state index is -4.08. The Bertz CT molecular complexity index is 130. The second kappa shape index (κ2) is 6.76. The predicted octanol–water partition coefficient (Wildman–Crippen LogP) is -1.86. The average molecular weight is 208 g/mol. The quantitative estimate of drug-likeness (QED) is 0.387. The second-order valence-corrected chi connectivity index (χ2v) is 3.46. The van der Waals surface area contributed by atoms with Crippen LogP contribution in [0.1, 0.15) is 0 Å².